The van der Waals surface area contributed by atoms with E-state index in [1.54, 1.807) is 0 Å². The first-order chi connectivity index (χ1) is 8.13. The molecular weight excluding hydrogens is 297 g/mol. The van der Waals surface area contributed by atoms with E-state index in [-0.39, 0.29) is 11.0 Å². The number of carbonyl (C=O) groups is 1. The maximum absolute atomic E-state index is 12.1. The van der Waals surface area contributed by atoms with Crippen LogP contribution in [0.2, 0.25) is 0 Å². The molecule has 0 aromatic carbocycles. The topological polar surface area (TPSA) is 80.7 Å². The fraction of sp³-hybridized carbons (Fsp3) is 0.125. The van der Waals surface area contributed by atoms with Gasteiger partial charge in [-0.05, 0) is 11.4 Å². The Morgan fingerprint density at radius 1 is 1.44 bits per heavy atom. The molecule has 0 radical (unpaired) electrons. The maximum Gasteiger partial charge on any atom is 0.534 e. The highest BCUT2D eigenvalue weighted by Crippen LogP contribution is 2.31. The summed E-state index contributed by atoms with van der Waals surface area (Å²) in [5.41, 5.74) is -5.62. The first-order valence-corrected chi connectivity index (χ1v) is 6.41. The largest absolute Gasteiger partial charge is 0.534 e. The van der Waals surface area contributed by atoms with Gasteiger partial charge in [0, 0.05) is 0 Å². The number of halogens is 3. The Hall–Kier alpha value is -1.55. The van der Waals surface area contributed by atoms with Crippen molar-refractivity contribution >= 4 is 33.2 Å². The summed E-state index contributed by atoms with van der Waals surface area (Å²) in [6.45, 7) is 0. The van der Waals surface area contributed by atoms with E-state index in [4.69, 9.17) is 5.11 Å². The van der Waals surface area contributed by atoms with E-state index in [2.05, 4.69) is 4.18 Å². The third kappa shape index (κ3) is 3.47. The molecule has 5 nitrogen and oxygen atoms in total. The Kier molecular flexibility index (Phi) is 4.02. The highest BCUT2D eigenvalue weighted by molar-refractivity contribution is 7.87. The van der Waals surface area contributed by atoms with Gasteiger partial charge in [0.05, 0.1) is 11.0 Å². The van der Waals surface area contributed by atoms with Crippen molar-refractivity contribution in [2.75, 3.05) is 0 Å². The molecule has 0 aliphatic heterocycles. The zero-order valence-electron chi connectivity index (χ0n) is 8.34. The van der Waals surface area contributed by atoms with Crippen molar-refractivity contribution in [2.45, 2.75) is 5.51 Å². The van der Waals surface area contributed by atoms with Gasteiger partial charge in [0.25, 0.3) is 0 Å². The van der Waals surface area contributed by atoms with Gasteiger partial charge in [-0.1, -0.05) is 6.07 Å². The maximum atomic E-state index is 12.1. The molecule has 0 saturated heterocycles. The van der Waals surface area contributed by atoms with Crippen molar-refractivity contribution < 1.29 is 35.7 Å². The summed E-state index contributed by atoms with van der Waals surface area (Å²) in [6.07, 6.45) is 0.245. The van der Waals surface area contributed by atoms with Crippen LogP contribution in [-0.4, -0.2) is 25.0 Å². The van der Waals surface area contributed by atoms with E-state index in [0.717, 1.165) is 11.3 Å². The zero-order valence-corrected chi connectivity index (χ0v) is 9.97. The predicted octanol–water partition coefficient (Wildman–Crippen LogP) is 2.04. The summed E-state index contributed by atoms with van der Waals surface area (Å²) in [4.78, 5) is 10.4. The number of hydrogen-bond donors (Lipinski definition) is 1. The highest BCUT2D eigenvalue weighted by atomic mass is 32.2. The molecule has 0 unspecified atom stereocenters. The van der Waals surface area contributed by atoms with E-state index in [9.17, 15) is 26.4 Å². The Balaban J connectivity index is 3.14. The van der Waals surface area contributed by atoms with Gasteiger partial charge in [-0.3, -0.25) is 0 Å². The Bertz CT molecular complexity index is 556. The zero-order chi connectivity index (χ0) is 14.0. The second-order valence-electron chi connectivity index (χ2n) is 2.81. The quantitative estimate of drug-likeness (QED) is 0.398. The Labute approximate surface area is 103 Å². The minimum atomic E-state index is -5.89. The van der Waals surface area contributed by atoms with Gasteiger partial charge < -0.3 is 9.29 Å². The lowest BCUT2D eigenvalue weighted by Gasteiger charge is -2.10. The molecular formula is C8H5F3O5S2. The molecule has 0 aliphatic rings. The molecule has 1 aromatic rings. The van der Waals surface area contributed by atoms with Gasteiger partial charge in [0.1, 0.15) is 0 Å². The molecule has 0 atom stereocenters. The molecule has 18 heavy (non-hydrogen) atoms. The van der Waals surface area contributed by atoms with Crippen LogP contribution in [-0.2, 0) is 19.1 Å². The number of rotatable bonds is 4. The van der Waals surface area contributed by atoms with Crippen molar-refractivity contribution in [3.63, 3.8) is 0 Å². The lowest BCUT2D eigenvalue weighted by Crippen LogP contribution is -2.25. The summed E-state index contributed by atoms with van der Waals surface area (Å²) < 4.78 is 61.6. The molecule has 0 spiro atoms. The van der Waals surface area contributed by atoms with E-state index >= 15 is 0 Å². The van der Waals surface area contributed by atoms with Crippen molar-refractivity contribution in [3.05, 3.63) is 28.5 Å². The fourth-order valence-corrected chi connectivity index (χ4v) is 2.03. The van der Waals surface area contributed by atoms with Crippen LogP contribution in [0.25, 0.3) is 5.76 Å². The number of thiophene rings is 1. The lowest BCUT2D eigenvalue weighted by molar-refractivity contribution is -0.131. The van der Waals surface area contributed by atoms with E-state index in [0.29, 0.717) is 0 Å². The summed E-state index contributed by atoms with van der Waals surface area (Å²) in [5.74, 6) is -2.52. The van der Waals surface area contributed by atoms with E-state index in [1.165, 1.54) is 17.5 Å². The third-order valence-electron chi connectivity index (χ3n) is 1.50. The van der Waals surface area contributed by atoms with Crippen LogP contribution in [0.4, 0.5) is 13.2 Å². The summed E-state index contributed by atoms with van der Waals surface area (Å²) >= 11 is 0.836. The second-order valence-corrected chi connectivity index (χ2v) is 5.29. The van der Waals surface area contributed by atoms with Gasteiger partial charge in [0.2, 0.25) is 0 Å². The van der Waals surface area contributed by atoms with Crippen LogP contribution in [0.5, 0.6) is 0 Å². The van der Waals surface area contributed by atoms with Crippen molar-refractivity contribution in [1.82, 2.24) is 0 Å². The number of hydrogen-bond acceptors (Lipinski definition) is 5. The normalized spacial score (nSPS) is 13.4. The molecule has 1 rings (SSSR count). The van der Waals surface area contributed by atoms with Crippen LogP contribution in [0.15, 0.2) is 23.6 Å². The monoisotopic (exact) mass is 302 g/mol. The van der Waals surface area contributed by atoms with Gasteiger partial charge >= 0.3 is 21.6 Å². The summed E-state index contributed by atoms with van der Waals surface area (Å²) in [5, 5.41) is 9.88. The fourth-order valence-electron chi connectivity index (χ4n) is 0.833. The molecule has 0 bridgehead atoms. The molecule has 10 heteroatoms. The van der Waals surface area contributed by atoms with Crippen LogP contribution < -0.4 is 0 Å². The molecule has 0 amide bonds. The SMILES string of the molecule is O=C(O)/C=C(\OS(=O)(=O)C(F)(F)F)c1cccs1. The molecule has 1 heterocycles. The average molecular weight is 302 g/mol. The minimum absolute atomic E-state index is 0.0507. The van der Waals surface area contributed by atoms with Crippen molar-refractivity contribution in [2.24, 2.45) is 0 Å². The molecule has 1 aromatic heterocycles. The standard InChI is InChI=1S/C8H5F3O5S2/c9-8(10,11)18(14,15)16-5(4-7(12)13)6-2-1-3-17-6/h1-4H,(H,12,13)/b5-4-. The summed E-state index contributed by atoms with van der Waals surface area (Å²) in [6, 6.07) is 2.63. The lowest BCUT2D eigenvalue weighted by atomic mass is 10.4. The van der Waals surface area contributed by atoms with Crippen LogP contribution in [0.3, 0.4) is 0 Å². The van der Waals surface area contributed by atoms with Crippen LogP contribution >= 0.6 is 11.3 Å². The van der Waals surface area contributed by atoms with Crippen molar-refractivity contribution in [1.29, 1.82) is 0 Å². The van der Waals surface area contributed by atoms with Gasteiger partial charge in [-0.2, -0.15) is 21.6 Å². The molecule has 0 fully saturated rings. The van der Waals surface area contributed by atoms with Crippen LogP contribution in [0.1, 0.15) is 4.88 Å². The Morgan fingerprint density at radius 3 is 2.44 bits per heavy atom. The predicted molar refractivity (Wildman–Crippen MR) is 56.0 cm³/mol. The number of carboxylic acids is 1. The average Bonchev–Trinajstić information content (AvgIpc) is 2.65. The molecule has 1 N–H and O–H groups in total. The second kappa shape index (κ2) is 4.98. The molecule has 100 valence electrons. The Morgan fingerprint density at radius 2 is 2.06 bits per heavy atom. The minimum Gasteiger partial charge on any atom is -0.478 e. The van der Waals surface area contributed by atoms with E-state index < -0.39 is 27.4 Å². The molecule has 0 aliphatic carbocycles. The van der Waals surface area contributed by atoms with Gasteiger partial charge in [-0.15, -0.1) is 11.3 Å². The number of carboxylic acid groups (broad SMARTS) is 1. The third-order valence-corrected chi connectivity index (χ3v) is 3.35. The first kappa shape index (κ1) is 14.5. The smallest absolute Gasteiger partial charge is 0.478 e. The van der Waals surface area contributed by atoms with Crippen LogP contribution in [0, 0.1) is 0 Å². The van der Waals surface area contributed by atoms with Gasteiger partial charge in [-0.25, -0.2) is 4.79 Å². The number of alkyl halides is 3. The first-order valence-electron chi connectivity index (χ1n) is 4.13. The number of aliphatic carboxylic acids is 1. The molecule has 0 saturated carbocycles. The van der Waals surface area contributed by atoms with Crippen molar-refractivity contribution in [3.8, 4) is 0 Å². The summed E-state index contributed by atoms with van der Waals surface area (Å²) in [7, 11) is -5.89. The van der Waals surface area contributed by atoms with Gasteiger partial charge in [0.15, 0.2) is 5.76 Å². The van der Waals surface area contributed by atoms with E-state index in [1.807, 2.05) is 0 Å². The highest BCUT2D eigenvalue weighted by Gasteiger charge is 2.49.